The van der Waals surface area contributed by atoms with Gasteiger partial charge >= 0.3 is 0 Å². The van der Waals surface area contributed by atoms with Crippen molar-refractivity contribution in [2.45, 2.75) is 39.4 Å². The normalized spacial score (nSPS) is 21.3. The average molecular weight is 345 g/mol. The van der Waals surface area contributed by atoms with Gasteiger partial charge in [0.15, 0.2) is 11.2 Å². The van der Waals surface area contributed by atoms with Crippen LogP contribution in [0.25, 0.3) is 16.1 Å². The Bertz CT molecular complexity index is 894. The molecule has 2 atom stereocenters. The van der Waals surface area contributed by atoms with E-state index in [-0.39, 0.29) is 0 Å². The summed E-state index contributed by atoms with van der Waals surface area (Å²) in [5.41, 5.74) is 4.06. The lowest BCUT2D eigenvalue weighted by molar-refractivity contribution is 0.520. The molecule has 0 spiro atoms. The largest absolute Gasteiger partial charge is 0.460 e. The van der Waals surface area contributed by atoms with Crippen LogP contribution in [-0.2, 0) is 6.42 Å². The van der Waals surface area contributed by atoms with E-state index in [4.69, 9.17) is 8.83 Å². The summed E-state index contributed by atoms with van der Waals surface area (Å²) in [6, 6.07) is 4.44. The lowest BCUT2D eigenvalue weighted by atomic mass is 10.0. The third kappa shape index (κ3) is 2.58. The number of allylic oxidation sites excluding steroid dienone is 1. The number of aryl methyl sites for hydroxylation is 3. The summed E-state index contributed by atoms with van der Waals surface area (Å²) < 4.78 is 11.7. The van der Waals surface area contributed by atoms with Crippen LogP contribution in [0.4, 0.5) is 0 Å². The molecule has 1 aliphatic rings. The van der Waals surface area contributed by atoms with E-state index in [1.165, 1.54) is 14.7 Å². The van der Waals surface area contributed by atoms with E-state index in [9.17, 15) is 0 Å². The molecule has 0 fully saturated rings. The van der Waals surface area contributed by atoms with Gasteiger partial charge in [-0.05, 0) is 38.8 Å². The SMILES string of the molecule is Cc1ccc(C2=CC(C)C(Cc3oc4c(C)coc4c3C)S2)s1. The second-order valence-electron chi connectivity index (χ2n) is 6.39. The number of thiophene rings is 1. The third-order valence-electron chi connectivity index (χ3n) is 4.55. The van der Waals surface area contributed by atoms with Crippen molar-refractivity contribution in [2.75, 3.05) is 0 Å². The predicted molar refractivity (Wildman–Crippen MR) is 99.2 cm³/mol. The number of thioether (sulfide) groups is 1. The van der Waals surface area contributed by atoms with Crippen LogP contribution in [-0.4, -0.2) is 5.25 Å². The zero-order valence-electron chi connectivity index (χ0n) is 13.8. The number of fused-ring (bicyclic) bond motifs is 1. The lowest BCUT2D eigenvalue weighted by Crippen LogP contribution is -2.11. The van der Waals surface area contributed by atoms with Crippen LogP contribution in [0, 0.1) is 26.7 Å². The standard InChI is InChI=1S/C19H20O2S2/c1-10-7-17(15-6-5-12(3)22-15)23-16(10)8-14-13(4)19-18(21-14)11(2)9-20-19/h5-7,9-10,16H,8H2,1-4H3. The predicted octanol–water partition coefficient (Wildman–Crippen LogP) is 6.35. The number of rotatable bonds is 3. The summed E-state index contributed by atoms with van der Waals surface area (Å²) in [6.45, 7) is 8.60. The van der Waals surface area contributed by atoms with Crippen LogP contribution >= 0.6 is 23.1 Å². The highest BCUT2D eigenvalue weighted by atomic mass is 32.2. The maximum Gasteiger partial charge on any atom is 0.175 e. The van der Waals surface area contributed by atoms with Crippen molar-refractivity contribution in [1.29, 1.82) is 0 Å². The summed E-state index contributed by atoms with van der Waals surface area (Å²) >= 11 is 3.86. The van der Waals surface area contributed by atoms with Gasteiger partial charge in [-0.2, -0.15) is 0 Å². The molecule has 0 aliphatic carbocycles. The van der Waals surface area contributed by atoms with E-state index < -0.39 is 0 Å². The van der Waals surface area contributed by atoms with Gasteiger partial charge in [0.2, 0.25) is 0 Å². The van der Waals surface area contributed by atoms with Crippen LogP contribution in [0.3, 0.4) is 0 Å². The summed E-state index contributed by atoms with van der Waals surface area (Å²) in [5, 5.41) is 0.529. The molecule has 2 nitrogen and oxygen atoms in total. The van der Waals surface area contributed by atoms with Crippen LogP contribution in [0.2, 0.25) is 0 Å². The molecule has 0 bridgehead atoms. The van der Waals surface area contributed by atoms with Gasteiger partial charge in [-0.25, -0.2) is 0 Å². The highest BCUT2D eigenvalue weighted by Crippen LogP contribution is 2.46. The summed E-state index contributed by atoms with van der Waals surface area (Å²) in [6.07, 6.45) is 5.14. The fourth-order valence-electron chi connectivity index (χ4n) is 3.11. The Hall–Kier alpha value is -1.39. The molecule has 1 aliphatic heterocycles. The van der Waals surface area contributed by atoms with Crippen LogP contribution < -0.4 is 0 Å². The first-order valence-electron chi connectivity index (χ1n) is 7.94. The zero-order chi connectivity index (χ0) is 16.1. The average Bonchev–Trinajstić information content (AvgIpc) is 3.24. The molecule has 120 valence electrons. The minimum Gasteiger partial charge on any atom is -0.460 e. The van der Waals surface area contributed by atoms with E-state index >= 15 is 0 Å². The molecule has 0 N–H and O–H groups in total. The molecule has 23 heavy (non-hydrogen) atoms. The first-order valence-corrected chi connectivity index (χ1v) is 9.64. The van der Waals surface area contributed by atoms with Gasteiger partial charge in [0.1, 0.15) is 5.76 Å². The second kappa shape index (κ2) is 5.60. The molecule has 3 aromatic rings. The molecule has 2 unspecified atom stereocenters. The zero-order valence-corrected chi connectivity index (χ0v) is 15.4. The van der Waals surface area contributed by atoms with Gasteiger partial charge in [0.25, 0.3) is 0 Å². The maximum atomic E-state index is 6.10. The number of hydrogen-bond acceptors (Lipinski definition) is 4. The Balaban J connectivity index is 1.56. The quantitative estimate of drug-likeness (QED) is 0.554. The van der Waals surface area contributed by atoms with E-state index in [0.717, 1.165) is 34.5 Å². The molecule has 4 rings (SSSR count). The second-order valence-corrected chi connectivity index (χ2v) is 8.96. The van der Waals surface area contributed by atoms with E-state index in [1.54, 1.807) is 6.26 Å². The Morgan fingerprint density at radius 3 is 2.65 bits per heavy atom. The Morgan fingerprint density at radius 2 is 1.96 bits per heavy atom. The van der Waals surface area contributed by atoms with Crippen molar-refractivity contribution in [3.63, 3.8) is 0 Å². The van der Waals surface area contributed by atoms with Crippen molar-refractivity contribution in [1.82, 2.24) is 0 Å². The Kier molecular flexibility index (Phi) is 3.69. The minimum absolute atomic E-state index is 0.529. The van der Waals surface area contributed by atoms with Crippen molar-refractivity contribution in [2.24, 2.45) is 5.92 Å². The van der Waals surface area contributed by atoms with Crippen LogP contribution in [0.15, 0.2) is 33.3 Å². The van der Waals surface area contributed by atoms with Crippen molar-refractivity contribution in [3.8, 4) is 0 Å². The Morgan fingerprint density at radius 1 is 1.13 bits per heavy atom. The fourth-order valence-corrected chi connectivity index (χ4v) is 5.50. The van der Waals surface area contributed by atoms with Crippen molar-refractivity contribution >= 4 is 39.2 Å². The molecule has 0 radical (unpaired) electrons. The van der Waals surface area contributed by atoms with Crippen LogP contribution in [0.5, 0.6) is 0 Å². The van der Waals surface area contributed by atoms with Gasteiger partial charge in [0, 0.05) is 37.5 Å². The third-order valence-corrected chi connectivity index (χ3v) is 7.22. The maximum absolute atomic E-state index is 6.10. The summed E-state index contributed by atoms with van der Waals surface area (Å²) in [5.74, 6) is 1.62. The minimum atomic E-state index is 0.529. The first kappa shape index (κ1) is 15.2. The highest BCUT2D eigenvalue weighted by Gasteiger charge is 2.29. The van der Waals surface area contributed by atoms with Gasteiger partial charge in [-0.15, -0.1) is 23.1 Å². The molecule has 4 heteroatoms. The summed E-state index contributed by atoms with van der Waals surface area (Å²) in [7, 11) is 0. The van der Waals surface area contributed by atoms with Crippen molar-refractivity contribution < 1.29 is 8.83 Å². The van der Waals surface area contributed by atoms with Gasteiger partial charge in [-0.3, -0.25) is 0 Å². The monoisotopic (exact) mass is 344 g/mol. The molecule has 4 heterocycles. The Labute approximate surface area is 144 Å². The molecule has 0 saturated carbocycles. The van der Waals surface area contributed by atoms with E-state index in [0.29, 0.717) is 11.2 Å². The van der Waals surface area contributed by atoms with Gasteiger partial charge < -0.3 is 8.83 Å². The molecule has 3 aromatic heterocycles. The molecule has 0 aromatic carbocycles. The molecule has 0 amide bonds. The number of hydrogen-bond donors (Lipinski definition) is 0. The lowest BCUT2D eigenvalue weighted by Gasteiger charge is -2.13. The van der Waals surface area contributed by atoms with E-state index in [1.807, 2.05) is 30.0 Å². The van der Waals surface area contributed by atoms with Crippen LogP contribution in [0.1, 0.15) is 33.6 Å². The van der Waals surface area contributed by atoms with Gasteiger partial charge in [-0.1, -0.05) is 13.0 Å². The first-order chi connectivity index (χ1) is 11.0. The topological polar surface area (TPSA) is 26.3 Å². The smallest absolute Gasteiger partial charge is 0.175 e. The van der Waals surface area contributed by atoms with E-state index in [2.05, 4.69) is 39.0 Å². The molecular formula is C19H20O2S2. The fraction of sp³-hybridized carbons (Fsp3) is 0.368. The number of furan rings is 2. The highest BCUT2D eigenvalue weighted by molar-refractivity contribution is 8.09. The van der Waals surface area contributed by atoms with Gasteiger partial charge in [0.05, 0.1) is 6.26 Å². The summed E-state index contributed by atoms with van der Waals surface area (Å²) in [4.78, 5) is 4.18. The molecular weight excluding hydrogens is 324 g/mol. The molecule has 0 saturated heterocycles. The van der Waals surface area contributed by atoms with Crippen molar-refractivity contribution in [3.05, 3.63) is 51.1 Å².